The van der Waals surface area contributed by atoms with Crippen molar-refractivity contribution in [3.63, 3.8) is 0 Å². The summed E-state index contributed by atoms with van der Waals surface area (Å²) in [7, 11) is -7.19. The van der Waals surface area contributed by atoms with Crippen molar-refractivity contribution >= 4 is 19.9 Å². The van der Waals surface area contributed by atoms with Gasteiger partial charge in [-0.3, -0.25) is 0 Å². The third-order valence-corrected chi connectivity index (χ3v) is 5.49. The zero-order valence-electron chi connectivity index (χ0n) is 11.8. The van der Waals surface area contributed by atoms with Crippen LogP contribution >= 0.6 is 0 Å². The fourth-order valence-electron chi connectivity index (χ4n) is 1.56. The highest BCUT2D eigenvalue weighted by Crippen LogP contribution is 2.15. The number of rotatable bonds is 7. The van der Waals surface area contributed by atoms with Crippen molar-refractivity contribution < 1.29 is 21.3 Å². The van der Waals surface area contributed by atoms with Gasteiger partial charge in [-0.2, -0.15) is 0 Å². The minimum atomic E-state index is -3.77. The monoisotopic (exact) mass is 345 g/mol. The Kier molecular flexibility index (Phi) is 4.94. The summed E-state index contributed by atoms with van der Waals surface area (Å²) >= 11 is 0. The Bertz CT molecular complexity index is 829. The first kappa shape index (κ1) is 16.6. The third kappa shape index (κ3) is 4.36. The van der Waals surface area contributed by atoms with Crippen molar-refractivity contribution in [3.05, 3.63) is 41.8 Å². The summed E-state index contributed by atoms with van der Waals surface area (Å²) in [6.07, 6.45) is 0. The number of benzene rings is 1. The van der Waals surface area contributed by atoms with Crippen molar-refractivity contribution in [1.29, 1.82) is 0 Å². The zero-order valence-corrected chi connectivity index (χ0v) is 13.4. The Morgan fingerprint density at radius 3 is 2.41 bits per heavy atom. The minimum Gasteiger partial charge on any atom is -0.411 e. The lowest BCUT2D eigenvalue weighted by Crippen LogP contribution is -2.24. The molecule has 1 aromatic carbocycles. The number of sulfonamides is 1. The molecule has 0 aliphatic heterocycles. The zero-order chi connectivity index (χ0) is 16.2. The lowest BCUT2D eigenvalue weighted by Gasteiger charge is -2.00. The molecule has 8 nitrogen and oxygen atoms in total. The fourth-order valence-corrected chi connectivity index (χ4v) is 3.26. The molecule has 0 fully saturated rings. The molecule has 120 valence electrons. The van der Waals surface area contributed by atoms with E-state index in [9.17, 15) is 16.8 Å². The summed E-state index contributed by atoms with van der Waals surface area (Å²) in [5.74, 6) is -0.472. The van der Waals surface area contributed by atoms with Crippen molar-refractivity contribution in [2.75, 3.05) is 5.75 Å². The van der Waals surface area contributed by atoms with Crippen molar-refractivity contribution in [1.82, 2.24) is 14.9 Å². The quantitative estimate of drug-likeness (QED) is 0.775. The molecule has 10 heteroatoms. The van der Waals surface area contributed by atoms with Crippen LogP contribution in [0, 0.1) is 0 Å². The average Bonchev–Trinajstić information content (AvgIpc) is 2.96. The van der Waals surface area contributed by atoms with E-state index in [4.69, 9.17) is 4.42 Å². The first-order valence-corrected chi connectivity index (χ1v) is 9.69. The van der Waals surface area contributed by atoms with E-state index in [1.54, 1.807) is 30.3 Å². The molecule has 2 aromatic rings. The van der Waals surface area contributed by atoms with Gasteiger partial charge in [0.15, 0.2) is 0 Å². The summed E-state index contributed by atoms with van der Waals surface area (Å²) in [5.41, 5.74) is 0.592. The van der Waals surface area contributed by atoms with Crippen LogP contribution in [0.3, 0.4) is 0 Å². The number of hydrogen-bond donors (Lipinski definition) is 1. The molecule has 0 amide bonds. The van der Waals surface area contributed by atoms with Gasteiger partial charge in [-0.1, -0.05) is 35.4 Å². The summed E-state index contributed by atoms with van der Waals surface area (Å²) in [6.45, 7) is 1.23. The van der Waals surface area contributed by atoms with E-state index < -0.39 is 25.1 Å². The maximum Gasteiger partial charge on any atom is 0.335 e. The highest BCUT2D eigenvalue weighted by atomic mass is 32.2. The number of sulfone groups is 1. The van der Waals surface area contributed by atoms with Gasteiger partial charge in [-0.25, -0.2) is 21.6 Å². The summed E-state index contributed by atoms with van der Waals surface area (Å²) in [4.78, 5) is 0. The largest absolute Gasteiger partial charge is 0.411 e. The van der Waals surface area contributed by atoms with Crippen molar-refractivity contribution in [2.24, 2.45) is 0 Å². The molecule has 0 saturated heterocycles. The van der Waals surface area contributed by atoms with Gasteiger partial charge in [0.2, 0.25) is 25.8 Å². The number of nitrogens with one attached hydrogen (secondary N) is 1. The Labute approximate surface area is 128 Å². The van der Waals surface area contributed by atoms with E-state index in [0.717, 1.165) is 0 Å². The standard InChI is InChI=1S/C12H15N3O5S2/c1-2-22(18,19)13-8-11-14-15-12(20-11)21(16,17)9-10-6-4-3-5-7-10/h3-7,13H,2,8-9H2,1H3. The Morgan fingerprint density at radius 1 is 1.09 bits per heavy atom. The summed E-state index contributed by atoms with van der Waals surface area (Å²) in [6, 6.07) is 8.57. The number of hydrogen-bond acceptors (Lipinski definition) is 7. The number of nitrogens with zero attached hydrogens (tertiary/aromatic N) is 2. The Balaban J connectivity index is 2.10. The molecule has 0 aliphatic rings. The van der Waals surface area contributed by atoms with Gasteiger partial charge in [-0.15, -0.1) is 5.10 Å². The Hall–Kier alpha value is -1.78. The molecule has 2 rings (SSSR count). The van der Waals surface area contributed by atoms with Crippen LogP contribution in [-0.2, 0) is 32.2 Å². The van der Waals surface area contributed by atoms with E-state index in [1.165, 1.54) is 6.92 Å². The normalized spacial score (nSPS) is 12.4. The van der Waals surface area contributed by atoms with Crippen LogP contribution in [0.25, 0.3) is 0 Å². The lowest BCUT2D eigenvalue weighted by molar-refractivity contribution is 0.393. The SMILES string of the molecule is CCS(=O)(=O)NCc1nnc(S(=O)(=O)Cc2ccccc2)o1. The highest BCUT2D eigenvalue weighted by molar-refractivity contribution is 7.90. The second kappa shape index (κ2) is 6.55. The minimum absolute atomic E-state index is 0.0969. The van der Waals surface area contributed by atoms with E-state index in [2.05, 4.69) is 14.9 Å². The van der Waals surface area contributed by atoms with E-state index in [0.29, 0.717) is 5.56 Å². The van der Waals surface area contributed by atoms with Gasteiger partial charge in [0, 0.05) is 0 Å². The molecule has 0 atom stereocenters. The van der Waals surface area contributed by atoms with Crippen LogP contribution in [0.4, 0.5) is 0 Å². The first-order chi connectivity index (χ1) is 10.3. The van der Waals surface area contributed by atoms with Crippen molar-refractivity contribution in [2.45, 2.75) is 24.4 Å². The Morgan fingerprint density at radius 2 is 1.77 bits per heavy atom. The van der Waals surface area contributed by atoms with Gasteiger partial charge < -0.3 is 4.42 Å². The van der Waals surface area contributed by atoms with Crippen LogP contribution < -0.4 is 4.72 Å². The molecule has 1 heterocycles. The highest BCUT2D eigenvalue weighted by Gasteiger charge is 2.23. The molecule has 22 heavy (non-hydrogen) atoms. The third-order valence-electron chi connectivity index (χ3n) is 2.74. The lowest BCUT2D eigenvalue weighted by atomic mass is 10.2. The van der Waals surface area contributed by atoms with Crippen LogP contribution in [0.2, 0.25) is 0 Å². The molecule has 0 bridgehead atoms. The van der Waals surface area contributed by atoms with E-state index in [1.807, 2.05) is 0 Å². The van der Waals surface area contributed by atoms with Crippen LogP contribution in [-0.4, -0.2) is 32.8 Å². The second-order valence-corrected chi connectivity index (χ2v) is 8.39. The second-order valence-electron chi connectivity index (χ2n) is 4.43. The molecule has 0 unspecified atom stereocenters. The van der Waals surface area contributed by atoms with Crippen molar-refractivity contribution in [3.8, 4) is 0 Å². The van der Waals surface area contributed by atoms with Crippen LogP contribution in [0.5, 0.6) is 0 Å². The molecular formula is C12H15N3O5S2. The molecule has 0 radical (unpaired) electrons. The maximum atomic E-state index is 12.1. The van der Waals surface area contributed by atoms with Crippen LogP contribution in [0.1, 0.15) is 18.4 Å². The average molecular weight is 345 g/mol. The van der Waals surface area contributed by atoms with Gasteiger partial charge in [0.05, 0.1) is 18.1 Å². The van der Waals surface area contributed by atoms with Gasteiger partial charge in [0.25, 0.3) is 0 Å². The maximum absolute atomic E-state index is 12.1. The summed E-state index contributed by atoms with van der Waals surface area (Å²) in [5, 5.41) is 6.48. The van der Waals surface area contributed by atoms with Gasteiger partial charge >= 0.3 is 5.22 Å². The predicted octanol–water partition coefficient (Wildman–Crippen LogP) is 0.483. The van der Waals surface area contributed by atoms with Gasteiger partial charge in [-0.05, 0) is 12.5 Å². The molecular weight excluding hydrogens is 330 g/mol. The van der Waals surface area contributed by atoms with E-state index >= 15 is 0 Å². The van der Waals surface area contributed by atoms with Gasteiger partial charge in [0.1, 0.15) is 0 Å². The number of aromatic nitrogens is 2. The molecule has 0 aliphatic carbocycles. The first-order valence-electron chi connectivity index (χ1n) is 6.39. The molecule has 1 N–H and O–H groups in total. The smallest absolute Gasteiger partial charge is 0.335 e. The molecule has 1 aromatic heterocycles. The predicted molar refractivity (Wildman–Crippen MR) is 77.9 cm³/mol. The topological polar surface area (TPSA) is 119 Å². The van der Waals surface area contributed by atoms with Crippen LogP contribution in [0.15, 0.2) is 40.0 Å². The summed E-state index contributed by atoms with van der Waals surface area (Å²) < 4.78 is 54.1. The van der Waals surface area contributed by atoms with E-state index in [-0.39, 0.29) is 23.9 Å². The molecule has 0 saturated carbocycles. The fraction of sp³-hybridized carbons (Fsp3) is 0.333. The molecule has 0 spiro atoms.